The highest BCUT2D eigenvalue weighted by atomic mass is 35.5. The van der Waals surface area contributed by atoms with Gasteiger partial charge in [0.2, 0.25) is 0 Å². The van der Waals surface area contributed by atoms with Crippen molar-refractivity contribution in [2.24, 2.45) is 0 Å². The molecule has 5 nitrogen and oxygen atoms in total. The Morgan fingerprint density at radius 2 is 1.84 bits per heavy atom. The molecule has 130 valence electrons. The molecule has 0 aliphatic heterocycles. The van der Waals surface area contributed by atoms with Crippen LogP contribution in [0.2, 0.25) is 5.02 Å². The van der Waals surface area contributed by atoms with Crippen molar-refractivity contribution in [1.29, 1.82) is 0 Å². The maximum Gasteiger partial charge on any atom is 0.303 e. The van der Waals surface area contributed by atoms with Crippen LogP contribution in [0.25, 0.3) is 6.08 Å². The molecule has 2 aromatic rings. The standard InChI is InChI=1S/C19H17ClO5/c20-16-12-13(4-10-18(16)22)3-9-17(21)14-5-7-15(8-6-14)25-11-1-2-19(23)24/h3-10,12,22H,1-2,11H2,(H,23,24). The molecule has 0 aliphatic rings. The third-order valence-corrected chi connectivity index (χ3v) is 3.64. The third-order valence-electron chi connectivity index (χ3n) is 3.34. The fourth-order valence-electron chi connectivity index (χ4n) is 2.02. The fraction of sp³-hybridized carbons (Fsp3) is 0.158. The Hall–Kier alpha value is -2.79. The van der Waals surface area contributed by atoms with Gasteiger partial charge in [-0.3, -0.25) is 9.59 Å². The zero-order valence-corrected chi connectivity index (χ0v) is 14.1. The predicted molar refractivity (Wildman–Crippen MR) is 95.3 cm³/mol. The summed E-state index contributed by atoms with van der Waals surface area (Å²) < 4.78 is 5.41. The Morgan fingerprint density at radius 3 is 2.48 bits per heavy atom. The van der Waals surface area contributed by atoms with Crippen molar-refractivity contribution in [3.05, 3.63) is 64.7 Å². The van der Waals surface area contributed by atoms with Crippen LogP contribution in [-0.2, 0) is 4.79 Å². The fourth-order valence-corrected chi connectivity index (χ4v) is 2.21. The Bertz CT molecular complexity index is 781. The Morgan fingerprint density at radius 1 is 1.12 bits per heavy atom. The number of phenolic OH excluding ortho intramolecular Hbond substituents is 1. The van der Waals surface area contributed by atoms with Gasteiger partial charge in [0.15, 0.2) is 5.78 Å². The van der Waals surface area contributed by atoms with Crippen molar-refractivity contribution in [2.45, 2.75) is 12.8 Å². The first-order valence-electron chi connectivity index (χ1n) is 7.61. The van der Waals surface area contributed by atoms with Crippen molar-refractivity contribution >= 4 is 29.4 Å². The summed E-state index contributed by atoms with van der Waals surface area (Å²) in [7, 11) is 0. The summed E-state index contributed by atoms with van der Waals surface area (Å²) in [6, 6.07) is 11.3. The van der Waals surface area contributed by atoms with Gasteiger partial charge in [0.05, 0.1) is 11.6 Å². The molecule has 2 aromatic carbocycles. The predicted octanol–water partition coefficient (Wildman–Crippen LogP) is 4.19. The van der Waals surface area contributed by atoms with Gasteiger partial charge in [-0.25, -0.2) is 0 Å². The molecule has 25 heavy (non-hydrogen) atoms. The minimum atomic E-state index is -0.855. The minimum Gasteiger partial charge on any atom is -0.506 e. The molecule has 0 radical (unpaired) electrons. The third kappa shape index (κ3) is 5.97. The lowest BCUT2D eigenvalue weighted by atomic mass is 10.1. The lowest BCUT2D eigenvalue weighted by Crippen LogP contribution is -2.02. The number of ketones is 1. The highest BCUT2D eigenvalue weighted by Gasteiger charge is 2.04. The molecule has 0 aliphatic carbocycles. The summed E-state index contributed by atoms with van der Waals surface area (Å²) in [4.78, 5) is 22.6. The Balaban J connectivity index is 1.92. The molecule has 0 heterocycles. The normalized spacial score (nSPS) is 10.8. The summed E-state index contributed by atoms with van der Waals surface area (Å²) in [6.07, 6.45) is 3.52. The monoisotopic (exact) mass is 360 g/mol. The number of benzene rings is 2. The molecule has 0 atom stereocenters. The molecular weight excluding hydrogens is 344 g/mol. The topological polar surface area (TPSA) is 83.8 Å². The van der Waals surface area contributed by atoms with Crippen LogP contribution in [0.1, 0.15) is 28.8 Å². The molecule has 0 fully saturated rings. The summed E-state index contributed by atoms with van der Waals surface area (Å²) >= 11 is 5.82. The number of aromatic hydroxyl groups is 1. The van der Waals surface area contributed by atoms with Gasteiger partial charge in [-0.1, -0.05) is 23.7 Å². The van der Waals surface area contributed by atoms with Gasteiger partial charge in [-0.2, -0.15) is 0 Å². The Kier molecular flexibility index (Phi) is 6.60. The van der Waals surface area contributed by atoms with Crippen LogP contribution in [0.5, 0.6) is 11.5 Å². The van der Waals surface area contributed by atoms with E-state index in [1.165, 1.54) is 12.1 Å². The number of carboxylic acid groups (broad SMARTS) is 1. The van der Waals surface area contributed by atoms with Crippen LogP contribution in [0.3, 0.4) is 0 Å². The minimum absolute atomic E-state index is 0.0101. The first-order valence-corrected chi connectivity index (χ1v) is 7.99. The molecule has 2 rings (SSSR count). The molecule has 2 N–H and O–H groups in total. The summed E-state index contributed by atoms with van der Waals surface area (Å²) in [5.41, 5.74) is 1.20. The molecule has 0 saturated heterocycles. The van der Waals surface area contributed by atoms with Crippen molar-refractivity contribution in [1.82, 2.24) is 0 Å². The number of hydrogen-bond acceptors (Lipinski definition) is 4. The van der Waals surface area contributed by atoms with E-state index in [9.17, 15) is 14.7 Å². The quantitative estimate of drug-likeness (QED) is 0.419. The lowest BCUT2D eigenvalue weighted by molar-refractivity contribution is -0.137. The number of halogens is 1. The van der Waals surface area contributed by atoms with E-state index in [4.69, 9.17) is 21.4 Å². The average Bonchev–Trinajstić information content (AvgIpc) is 2.60. The second-order valence-electron chi connectivity index (χ2n) is 5.28. The van der Waals surface area contributed by atoms with Crippen molar-refractivity contribution in [2.75, 3.05) is 6.61 Å². The zero-order chi connectivity index (χ0) is 18.2. The van der Waals surface area contributed by atoms with E-state index in [2.05, 4.69) is 0 Å². The molecule has 0 amide bonds. The highest BCUT2D eigenvalue weighted by molar-refractivity contribution is 6.32. The van der Waals surface area contributed by atoms with Gasteiger partial charge < -0.3 is 14.9 Å². The smallest absolute Gasteiger partial charge is 0.303 e. The van der Waals surface area contributed by atoms with E-state index in [0.717, 1.165) is 0 Å². The van der Waals surface area contributed by atoms with Crippen LogP contribution in [0, 0.1) is 0 Å². The van der Waals surface area contributed by atoms with E-state index in [1.54, 1.807) is 42.5 Å². The SMILES string of the molecule is O=C(O)CCCOc1ccc(C(=O)C=Cc2ccc(O)c(Cl)c2)cc1. The zero-order valence-electron chi connectivity index (χ0n) is 13.3. The second-order valence-corrected chi connectivity index (χ2v) is 5.69. The van der Waals surface area contributed by atoms with Crippen LogP contribution in [0.15, 0.2) is 48.5 Å². The number of rotatable bonds is 8. The van der Waals surface area contributed by atoms with Crippen LogP contribution in [-0.4, -0.2) is 28.6 Å². The Labute approximate surface area is 150 Å². The number of aliphatic carboxylic acids is 1. The van der Waals surface area contributed by atoms with E-state index in [-0.39, 0.29) is 23.0 Å². The number of carboxylic acids is 1. The lowest BCUT2D eigenvalue weighted by Gasteiger charge is -2.05. The largest absolute Gasteiger partial charge is 0.506 e. The molecule has 0 unspecified atom stereocenters. The van der Waals surface area contributed by atoms with Crippen molar-refractivity contribution < 1.29 is 24.5 Å². The van der Waals surface area contributed by atoms with Gasteiger partial charge in [-0.05, 0) is 54.5 Å². The maximum atomic E-state index is 12.1. The van der Waals surface area contributed by atoms with E-state index in [0.29, 0.717) is 29.9 Å². The van der Waals surface area contributed by atoms with Gasteiger partial charge in [0, 0.05) is 12.0 Å². The first-order chi connectivity index (χ1) is 12.0. The first kappa shape index (κ1) is 18.5. The van der Waals surface area contributed by atoms with Crippen molar-refractivity contribution in [3.8, 4) is 11.5 Å². The average molecular weight is 361 g/mol. The van der Waals surface area contributed by atoms with Gasteiger partial charge >= 0.3 is 5.97 Å². The van der Waals surface area contributed by atoms with E-state index in [1.807, 2.05) is 0 Å². The highest BCUT2D eigenvalue weighted by Crippen LogP contribution is 2.24. The summed E-state index contributed by atoms with van der Waals surface area (Å²) in [5.74, 6) is -0.465. The van der Waals surface area contributed by atoms with Gasteiger partial charge in [0.25, 0.3) is 0 Å². The van der Waals surface area contributed by atoms with Gasteiger partial charge in [0.1, 0.15) is 11.5 Å². The number of ether oxygens (including phenoxy) is 1. The maximum absolute atomic E-state index is 12.1. The number of carbonyl (C=O) groups excluding carboxylic acids is 1. The van der Waals surface area contributed by atoms with Crippen LogP contribution >= 0.6 is 11.6 Å². The van der Waals surface area contributed by atoms with Crippen LogP contribution < -0.4 is 4.74 Å². The van der Waals surface area contributed by atoms with Crippen molar-refractivity contribution in [3.63, 3.8) is 0 Å². The van der Waals surface area contributed by atoms with E-state index < -0.39 is 5.97 Å². The molecule has 0 spiro atoms. The number of carbonyl (C=O) groups is 2. The number of hydrogen-bond donors (Lipinski definition) is 2. The number of phenols is 1. The second kappa shape index (κ2) is 8.89. The molecule has 6 heteroatoms. The number of allylic oxidation sites excluding steroid dienone is 1. The summed E-state index contributed by atoms with van der Waals surface area (Å²) in [5, 5.41) is 18.1. The molecule has 0 bridgehead atoms. The van der Waals surface area contributed by atoms with Crippen LogP contribution in [0.4, 0.5) is 0 Å². The molecule has 0 saturated carbocycles. The molecular formula is C19H17ClO5. The molecule has 0 aromatic heterocycles. The van der Waals surface area contributed by atoms with Gasteiger partial charge in [-0.15, -0.1) is 0 Å². The summed E-state index contributed by atoms with van der Waals surface area (Å²) in [6.45, 7) is 0.307. The van der Waals surface area contributed by atoms with E-state index >= 15 is 0 Å².